The zero-order chi connectivity index (χ0) is 13.8. The fourth-order valence-electron chi connectivity index (χ4n) is 1.82. The lowest BCUT2D eigenvalue weighted by atomic mass is 10.3. The first-order valence-corrected chi connectivity index (χ1v) is 8.96. The molecule has 1 rings (SSSR count). The van der Waals surface area contributed by atoms with Gasteiger partial charge in [-0.1, -0.05) is 13.3 Å². The van der Waals surface area contributed by atoms with Gasteiger partial charge in [0.1, 0.15) is 5.25 Å². The quantitative estimate of drug-likeness (QED) is 0.679. The Kier molecular flexibility index (Phi) is 5.53. The highest BCUT2D eigenvalue weighted by atomic mass is 32.2. The van der Waals surface area contributed by atoms with E-state index in [1.807, 2.05) is 0 Å². The van der Waals surface area contributed by atoms with E-state index in [-0.39, 0.29) is 6.42 Å². The van der Waals surface area contributed by atoms with Gasteiger partial charge in [-0.2, -0.15) is 26.2 Å². The van der Waals surface area contributed by atoms with Crippen LogP contribution in [0.3, 0.4) is 0 Å². The first kappa shape index (κ1) is 15.8. The Morgan fingerprint density at radius 3 is 2.22 bits per heavy atom. The van der Waals surface area contributed by atoms with Gasteiger partial charge in [0, 0.05) is 13.1 Å². The van der Waals surface area contributed by atoms with Gasteiger partial charge in [-0.25, -0.2) is 0 Å². The molecule has 108 valence electrons. The molecule has 1 heterocycles. The highest BCUT2D eigenvalue weighted by Gasteiger charge is 2.31. The topological polar surface area (TPSA) is 101 Å². The predicted molar refractivity (Wildman–Crippen MR) is 65.9 cm³/mol. The summed E-state index contributed by atoms with van der Waals surface area (Å²) < 4.78 is 59.2. The molecule has 1 N–H and O–H groups in total. The van der Waals surface area contributed by atoms with E-state index in [1.165, 1.54) is 5.06 Å². The fraction of sp³-hybridized carbons (Fsp3) is 1.00. The van der Waals surface area contributed by atoms with E-state index in [0.717, 1.165) is 12.8 Å². The van der Waals surface area contributed by atoms with Gasteiger partial charge in [0.2, 0.25) is 0 Å². The molecule has 1 aliphatic heterocycles. The second-order valence-electron chi connectivity index (χ2n) is 4.36. The van der Waals surface area contributed by atoms with E-state index in [9.17, 15) is 16.8 Å². The van der Waals surface area contributed by atoms with Gasteiger partial charge in [-0.15, -0.1) is 0 Å². The molecule has 1 aliphatic rings. The number of hydrogen-bond donors (Lipinski definition) is 1. The van der Waals surface area contributed by atoms with Crippen molar-refractivity contribution in [1.29, 1.82) is 0 Å². The Morgan fingerprint density at radius 1 is 1.22 bits per heavy atom. The minimum atomic E-state index is -4.37. The van der Waals surface area contributed by atoms with Gasteiger partial charge in [-0.05, 0) is 19.3 Å². The van der Waals surface area contributed by atoms with Crippen molar-refractivity contribution >= 4 is 20.2 Å². The molecule has 1 fully saturated rings. The summed E-state index contributed by atoms with van der Waals surface area (Å²) in [6.07, 6.45) is 2.25. The second kappa shape index (κ2) is 6.29. The van der Waals surface area contributed by atoms with E-state index in [0.29, 0.717) is 19.5 Å². The SMILES string of the molecule is CCCC(CS(=O)(=O)ON1CCCC1)S(=O)(=O)O. The highest BCUT2D eigenvalue weighted by Crippen LogP contribution is 2.15. The molecular weight excluding hydrogens is 282 g/mol. The van der Waals surface area contributed by atoms with Crippen molar-refractivity contribution in [2.45, 2.75) is 37.9 Å². The number of hydroxylamine groups is 2. The average Bonchev–Trinajstić information content (AvgIpc) is 2.67. The molecule has 18 heavy (non-hydrogen) atoms. The summed E-state index contributed by atoms with van der Waals surface area (Å²) in [6, 6.07) is 0. The maximum atomic E-state index is 11.7. The van der Waals surface area contributed by atoms with Crippen LogP contribution in [0, 0.1) is 0 Å². The first-order chi connectivity index (χ1) is 8.24. The molecule has 0 aliphatic carbocycles. The summed E-state index contributed by atoms with van der Waals surface area (Å²) in [7, 11) is -8.35. The van der Waals surface area contributed by atoms with Gasteiger partial charge >= 0.3 is 0 Å². The lowest BCUT2D eigenvalue weighted by Crippen LogP contribution is -2.33. The lowest BCUT2D eigenvalue weighted by Gasteiger charge is -2.17. The molecule has 0 aromatic carbocycles. The van der Waals surface area contributed by atoms with Crippen molar-refractivity contribution in [3.63, 3.8) is 0 Å². The van der Waals surface area contributed by atoms with Crippen molar-refractivity contribution in [1.82, 2.24) is 5.06 Å². The zero-order valence-electron chi connectivity index (χ0n) is 10.3. The van der Waals surface area contributed by atoms with Crippen molar-refractivity contribution in [2.24, 2.45) is 0 Å². The van der Waals surface area contributed by atoms with Crippen LogP contribution in [0.15, 0.2) is 0 Å². The van der Waals surface area contributed by atoms with E-state index in [1.54, 1.807) is 6.92 Å². The Labute approximate surface area is 108 Å². The molecule has 0 aromatic heterocycles. The fourth-order valence-corrected chi connectivity index (χ4v) is 4.70. The van der Waals surface area contributed by atoms with E-state index in [2.05, 4.69) is 0 Å². The molecule has 1 unspecified atom stereocenters. The number of rotatable bonds is 7. The van der Waals surface area contributed by atoms with Crippen LogP contribution in [-0.2, 0) is 24.5 Å². The molecule has 0 aromatic rings. The zero-order valence-corrected chi connectivity index (χ0v) is 11.9. The molecule has 9 heteroatoms. The summed E-state index contributed by atoms with van der Waals surface area (Å²) in [5.74, 6) is -0.712. The Balaban J connectivity index is 2.66. The predicted octanol–water partition coefficient (Wildman–Crippen LogP) is 0.400. The first-order valence-electron chi connectivity index (χ1n) is 5.88. The van der Waals surface area contributed by atoms with Crippen LogP contribution in [0.2, 0.25) is 0 Å². The molecule has 0 amide bonds. The Hall–Kier alpha value is -0.220. The molecular formula is C9H19NO6S2. The molecule has 0 spiro atoms. The highest BCUT2D eigenvalue weighted by molar-refractivity contribution is 7.90. The third kappa shape index (κ3) is 5.19. The van der Waals surface area contributed by atoms with Gasteiger partial charge in [-0.3, -0.25) is 4.55 Å². The van der Waals surface area contributed by atoms with Crippen LogP contribution in [0.1, 0.15) is 32.6 Å². The van der Waals surface area contributed by atoms with Crippen LogP contribution in [-0.4, -0.2) is 50.5 Å². The summed E-state index contributed by atoms with van der Waals surface area (Å²) >= 11 is 0. The molecule has 1 atom stereocenters. The van der Waals surface area contributed by atoms with E-state index >= 15 is 0 Å². The van der Waals surface area contributed by atoms with Crippen LogP contribution in [0.25, 0.3) is 0 Å². The van der Waals surface area contributed by atoms with Crippen LogP contribution >= 0.6 is 0 Å². The van der Waals surface area contributed by atoms with E-state index < -0.39 is 31.2 Å². The summed E-state index contributed by atoms with van der Waals surface area (Å²) in [6.45, 7) is 2.75. The maximum Gasteiger partial charge on any atom is 0.284 e. The maximum absolute atomic E-state index is 11.7. The average molecular weight is 301 g/mol. The van der Waals surface area contributed by atoms with E-state index in [4.69, 9.17) is 8.84 Å². The molecule has 7 nitrogen and oxygen atoms in total. The lowest BCUT2D eigenvalue weighted by molar-refractivity contribution is -0.0269. The normalized spacial score (nSPS) is 20.1. The summed E-state index contributed by atoms with van der Waals surface area (Å²) in [5.41, 5.74) is 0. The van der Waals surface area contributed by atoms with Crippen LogP contribution < -0.4 is 0 Å². The second-order valence-corrected chi connectivity index (χ2v) is 7.66. The van der Waals surface area contributed by atoms with Crippen molar-refractivity contribution in [2.75, 3.05) is 18.8 Å². The number of nitrogens with zero attached hydrogens (tertiary/aromatic N) is 1. The van der Waals surface area contributed by atoms with Crippen LogP contribution in [0.4, 0.5) is 0 Å². The molecule has 0 saturated carbocycles. The Bertz CT molecular complexity index is 451. The third-order valence-electron chi connectivity index (χ3n) is 2.71. The number of hydrogen-bond acceptors (Lipinski definition) is 6. The van der Waals surface area contributed by atoms with Gasteiger partial charge in [0.15, 0.2) is 0 Å². The minimum Gasteiger partial charge on any atom is -0.285 e. The minimum absolute atomic E-state index is 0.0847. The van der Waals surface area contributed by atoms with Gasteiger partial charge in [0.05, 0.1) is 5.75 Å². The van der Waals surface area contributed by atoms with Crippen molar-refractivity contribution < 1.29 is 25.7 Å². The van der Waals surface area contributed by atoms with Crippen molar-refractivity contribution in [3.8, 4) is 0 Å². The molecule has 0 bridgehead atoms. The smallest absolute Gasteiger partial charge is 0.284 e. The largest absolute Gasteiger partial charge is 0.285 e. The monoisotopic (exact) mass is 301 g/mol. The van der Waals surface area contributed by atoms with Gasteiger partial charge in [0.25, 0.3) is 20.2 Å². The van der Waals surface area contributed by atoms with Crippen molar-refractivity contribution in [3.05, 3.63) is 0 Å². The Morgan fingerprint density at radius 2 is 1.78 bits per heavy atom. The van der Waals surface area contributed by atoms with Gasteiger partial charge < -0.3 is 0 Å². The molecule has 0 radical (unpaired) electrons. The van der Waals surface area contributed by atoms with Crippen LogP contribution in [0.5, 0.6) is 0 Å². The molecule has 1 saturated heterocycles. The standard InChI is InChI=1S/C9H19NO6S2/c1-2-5-9(18(13,14)15)8-17(11,12)16-10-6-3-4-7-10/h9H,2-8H2,1H3,(H,13,14,15). The third-order valence-corrected chi connectivity index (χ3v) is 5.41. The summed E-state index contributed by atoms with van der Waals surface area (Å²) in [5, 5.41) is -0.0161. The summed E-state index contributed by atoms with van der Waals surface area (Å²) in [4.78, 5) is 0.